The van der Waals surface area contributed by atoms with Crippen molar-refractivity contribution in [3.63, 3.8) is 0 Å². The highest BCUT2D eigenvalue weighted by Crippen LogP contribution is 2.34. The van der Waals surface area contributed by atoms with Crippen LogP contribution in [0.4, 0.5) is 0 Å². The van der Waals surface area contributed by atoms with Crippen LogP contribution >= 0.6 is 27.3 Å². The summed E-state index contributed by atoms with van der Waals surface area (Å²) in [5.41, 5.74) is 0. The topological polar surface area (TPSA) is 12.0 Å². The zero-order chi connectivity index (χ0) is 12.7. The first-order valence-electron chi connectivity index (χ1n) is 6.68. The fourth-order valence-corrected chi connectivity index (χ4v) is 4.12. The summed E-state index contributed by atoms with van der Waals surface area (Å²) < 4.78 is 1.28. The Kier molecular flexibility index (Phi) is 7.40. The predicted molar refractivity (Wildman–Crippen MR) is 81.9 cm³/mol. The normalized spacial score (nSPS) is 12.9. The minimum Gasteiger partial charge on any atom is -0.309 e. The van der Waals surface area contributed by atoms with E-state index in [-0.39, 0.29) is 0 Å². The summed E-state index contributed by atoms with van der Waals surface area (Å²) in [7, 11) is 0. The van der Waals surface area contributed by atoms with Crippen LogP contribution in [0, 0.1) is 6.92 Å². The Balaban J connectivity index is 2.55. The fraction of sp³-hybridized carbons (Fsp3) is 0.714. The molecule has 0 aromatic carbocycles. The molecule has 0 aliphatic carbocycles. The van der Waals surface area contributed by atoms with Gasteiger partial charge in [-0.25, -0.2) is 0 Å². The van der Waals surface area contributed by atoms with E-state index in [2.05, 4.69) is 48.1 Å². The fourth-order valence-electron chi connectivity index (χ4n) is 2.09. The first kappa shape index (κ1) is 15.2. The van der Waals surface area contributed by atoms with Crippen LogP contribution < -0.4 is 5.32 Å². The first-order chi connectivity index (χ1) is 8.19. The van der Waals surface area contributed by atoms with E-state index < -0.39 is 0 Å². The van der Waals surface area contributed by atoms with E-state index in [0.29, 0.717) is 6.04 Å². The molecule has 1 rings (SSSR count). The monoisotopic (exact) mass is 317 g/mol. The average molecular weight is 318 g/mol. The minimum atomic E-state index is 0.532. The van der Waals surface area contributed by atoms with Crippen molar-refractivity contribution < 1.29 is 0 Å². The summed E-state index contributed by atoms with van der Waals surface area (Å²) in [6, 6.07) is 2.76. The second kappa shape index (κ2) is 8.28. The Bertz CT molecular complexity index is 322. The van der Waals surface area contributed by atoms with E-state index in [9.17, 15) is 0 Å². The lowest BCUT2D eigenvalue weighted by atomic mass is 10.1. The second-order valence-electron chi connectivity index (χ2n) is 4.53. The third-order valence-electron chi connectivity index (χ3n) is 2.95. The van der Waals surface area contributed by atoms with Gasteiger partial charge in [-0.2, -0.15) is 0 Å². The number of unbranched alkanes of at least 4 members (excludes halogenated alkanes) is 3. The predicted octanol–water partition coefficient (Wildman–Crippen LogP) is 5.44. The quantitative estimate of drug-likeness (QED) is 0.629. The maximum absolute atomic E-state index is 3.68. The van der Waals surface area contributed by atoms with Gasteiger partial charge in [-0.05, 0) is 41.9 Å². The van der Waals surface area contributed by atoms with Crippen LogP contribution in [0.5, 0.6) is 0 Å². The van der Waals surface area contributed by atoms with Gasteiger partial charge in [0.2, 0.25) is 0 Å². The molecule has 0 aliphatic heterocycles. The highest BCUT2D eigenvalue weighted by Gasteiger charge is 2.15. The van der Waals surface area contributed by atoms with Crippen molar-refractivity contribution >= 4 is 27.3 Å². The molecule has 1 unspecified atom stereocenters. The molecule has 0 radical (unpaired) electrons. The minimum absolute atomic E-state index is 0.532. The van der Waals surface area contributed by atoms with Crippen molar-refractivity contribution in [2.45, 2.75) is 58.9 Å². The molecule has 98 valence electrons. The smallest absolute Gasteiger partial charge is 0.0426 e. The molecule has 0 fully saturated rings. The molecular weight excluding hydrogens is 294 g/mol. The Morgan fingerprint density at radius 1 is 1.29 bits per heavy atom. The number of halogens is 1. The number of thiophene rings is 1. The third kappa shape index (κ3) is 5.11. The standard InChI is InChI=1S/C14H24BrNS/c1-4-6-7-8-9-13(16-5-2)14-12(15)10-11(3)17-14/h10,13,16H,4-9H2,1-3H3. The highest BCUT2D eigenvalue weighted by molar-refractivity contribution is 9.10. The van der Waals surface area contributed by atoms with Crippen molar-refractivity contribution in [1.82, 2.24) is 5.32 Å². The van der Waals surface area contributed by atoms with Crippen molar-refractivity contribution in [1.29, 1.82) is 0 Å². The van der Waals surface area contributed by atoms with Crippen LogP contribution in [0.3, 0.4) is 0 Å². The maximum atomic E-state index is 3.68. The first-order valence-corrected chi connectivity index (χ1v) is 8.29. The number of rotatable bonds is 8. The lowest BCUT2D eigenvalue weighted by molar-refractivity contribution is 0.486. The van der Waals surface area contributed by atoms with E-state index >= 15 is 0 Å². The summed E-state index contributed by atoms with van der Waals surface area (Å²) in [6.45, 7) is 7.68. The summed E-state index contributed by atoms with van der Waals surface area (Å²) in [6.07, 6.45) is 6.62. The van der Waals surface area contributed by atoms with Gasteiger partial charge in [0, 0.05) is 20.3 Å². The van der Waals surface area contributed by atoms with E-state index in [1.165, 1.54) is 46.3 Å². The Morgan fingerprint density at radius 3 is 2.59 bits per heavy atom. The molecule has 0 spiro atoms. The van der Waals surface area contributed by atoms with Crippen LogP contribution in [0.25, 0.3) is 0 Å². The van der Waals surface area contributed by atoms with Gasteiger partial charge in [0.15, 0.2) is 0 Å². The number of nitrogens with one attached hydrogen (secondary N) is 1. The molecule has 1 aromatic heterocycles. The van der Waals surface area contributed by atoms with Crippen molar-refractivity contribution in [3.8, 4) is 0 Å². The van der Waals surface area contributed by atoms with Gasteiger partial charge in [-0.1, -0.05) is 39.5 Å². The lowest BCUT2D eigenvalue weighted by Gasteiger charge is -2.17. The van der Waals surface area contributed by atoms with E-state index in [1.807, 2.05) is 11.3 Å². The van der Waals surface area contributed by atoms with Gasteiger partial charge < -0.3 is 5.32 Å². The molecule has 0 bridgehead atoms. The molecule has 1 N–H and O–H groups in total. The van der Waals surface area contributed by atoms with E-state index in [0.717, 1.165) is 6.54 Å². The Morgan fingerprint density at radius 2 is 2.06 bits per heavy atom. The lowest BCUT2D eigenvalue weighted by Crippen LogP contribution is -2.20. The summed E-state index contributed by atoms with van der Waals surface area (Å²) in [5.74, 6) is 0. The van der Waals surface area contributed by atoms with Gasteiger partial charge in [0.05, 0.1) is 0 Å². The molecule has 1 aromatic rings. The second-order valence-corrected chi connectivity index (χ2v) is 6.67. The van der Waals surface area contributed by atoms with Crippen LogP contribution in [-0.2, 0) is 0 Å². The van der Waals surface area contributed by atoms with Gasteiger partial charge in [0.25, 0.3) is 0 Å². The number of hydrogen-bond donors (Lipinski definition) is 1. The van der Waals surface area contributed by atoms with Crippen LogP contribution in [0.1, 0.15) is 61.7 Å². The molecule has 1 heterocycles. The van der Waals surface area contributed by atoms with Crippen molar-refractivity contribution in [2.24, 2.45) is 0 Å². The number of hydrogen-bond acceptors (Lipinski definition) is 2. The maximum Gasteiger partial charge on any atom is 0.0426 e. The zero-order valence-corrected chi connectivity index (χ0v) is 13.6. The van der Waals surface area contributed by atoms with E-state index in [1.54, 1.807) is 0 Å². The summed E-state index contributed by atoms with van der Waals surface area (Å²) in [4.78, 5) is 2.86. The van der Waals surface area contributed by atoms with Crippen molar-refractivity contribution in [2.75, 3.05) is 6.54 Å². The van der Waals surface area contributed by atoms with Gasteiger partial charge >= 0.3 is 0 Å². The van der Waals surface area contributed by atoms with Crippen LogP contribution in [-0.4, -0.2) is 6.54 Å². The molecule has 0 aliphatic rings. The van der Waals surface area contributed by atoms with Gasteiger partial charge in [-0.3, -0.25) is 0 Å². The molecular formula is C14H24BrNS. The average Bonchev–Trinajstić information content (AvgIpc) is 2.62. The molecule has 3 heteroatoms. The Hall–Kier alpha value is 0.140. The zero-order valence-electron chi connectivity index (χ0n) is 11.2. The van der Waals surface area contributed by atoms with Gasteiger partial charge in [-0.15, -0.1) is 11.3 Å². The largest absolute Gasteiger partial charge is 0.309 e. The molecule has 0 saturated heterocycles. The van der Waals surface area contributed by atoms with E-state index in [4.69, 9.17) is 0 Å². The highest BCUT2D eigenvalue weighted by atomic mass is 79.9. The van der Waals surface area contributed by atoms with Crippen LogP contribution in [0.2, 0.25) is 0 Å². The van der Waals surface area contributed by atoms with Gasteiger partial charge in [0.1, 0.15) is 0 Å². The molecule has 0 saturated carbocycles. The van der Waals surface area contributed by atoms with Crippen molar-refractivity contribution in [3.05, 3.63) is 20.3 Å². The third-order valence-corrected chi connectivity index (χ3v) is 5.03. The molecule has 1 nitrogen and oxygen atoms in total. The molecule has 0 amide bonds. The van der Waals surface area contributed by atoms with Crippen LogP contribution in [0.15, 0.2) is 10.5 Å². The summed E-state index contributed by atoms with van der Waals surface area (Å²) >= 11 is 5.60. The Labute approximate surface area is 118 Å². The molecule has 1 atom stereocenters. The summed E-state index contributed by atoms with van der Waals surface area (Å²) in [5, 5.41) is 3.61. The SMILES string of the molecule is CCCCCCC(NCC)c1sc(C)cc1Br. The number of aryl methyl sites for hydroxylation is 1. The molecule has 17 heavy (non-hydrogen) atoms.